The number of sulfonamides is 1. The van der Waals surface area contributed by atoms with Crippen molar-refractivity contribution in [3.8, 4) is 0 Å². The van der Waals surface area contributed by atoms with Crippen LogP contribution in [0.4, 0.5) is 5.69 Å². The molecule has 0 aromatic carbocycles. The third-order valence-corrected chi connectivity index (χ3v) is 6.27. The zero-order valence-electron chi connectivity index (χ0n) is 11.1. The summed E-state index contributed by atoms with van der Waals surface area (Å²) in [5.74, 6) is -1.14. The fourth-order valence-corrected chi connectivity index (χ4v) is 4.15. The highest BCUT2D eigenvalue weighted by Gasteiger charge is 2.34. The van der Waals surface area contributed by atoms with E-state index in [1.54, 1.807) is 6.92 Å². The molecule has 0 aliphatic carbocycles. The van der Waals surface area contributed by atoms with Crippen molar-refractivity contribution < 1.29 is 23.2 Å². The fraction of sp³-hybridized carbons (Fsp3) is 0.500. The van der Waals surface area contributed by atoms with Crippen molar-refractivity contribution in [3.63, 3.8) is 0 Å². The van der Waals surface area contributed by atoms with Crippen LogP contribution in [0, 0.1) is 15.5 Å². The molecular formula is C10H13ClN2O6S2. The molecule has 1 aromatic heterocycles. The largest absolute Gasteiger partial charge is 0.481 e. The number of carboxylic acid groups (broad SMARTS) is 1. The van der Waals surface area contributed by atoms with Crippen LogP contribution in [-0.2, 0) is 14.8 Å². The second kappa shape index (κ2) is 6.26. The van der Waals surface area contributed by atoms with E-state index in [0.29, 0.717) is 11.3 Å². The van der Waals surface area contributed by atoms with E-state index in [4.69, 9.17) is 16.7 Å². The number of nitrogens with one attached hydrogen (secondary N) is 1. The lowest BCUT2D eigenvalue weighted by Gasteiger charge is -2.22. The van der Waals surface area contributed by atoms with Gasteiger partial charge in [0.1, 0.15) is 4.21 Å². The van der Waals surface area contributed by atoms with E-state index in [1.807, 2.05) is 0 Å². The third kappa shape index (κ3) is 3.90. The van der Waals surface area contributed by atoms with Crippen LogP contribution in [0.25, 0.3) is 0 Å². The van der Waals surface area contributed by atoms with Crippen LogP contribution in [0.2, 0.25) is 4.34 Å². The molecule has 1 aromatic rings. The smallest absolute Gasteiger partial charge is 0.310 e. The minimum absolute atomic E-state index is 0.218. The summed E-state index contributed by atoms with van der Waals surface area (Å²) in [5, 5.41) is 19.7. The summed E-state index contributed by atoms with van der Waals surface area (Å²) in [7, 11) is -4.06. The first-order valence-electron chi connectivity index (χ1n) is 5.70. The van der Waals surface area contributed by atoms with Crippen LogP contribution >= 0.6 is 22.9 Å². The predicted octanol–water partition coefficient (Wildman–Crippen LogP) is 2.09. The Morgan fingerprint density at radius 1 is 1.62 bits per heavy atom. The Hall–Kier alpha value is -1.23. The van der Waals surface area contributed by atoms with Gasteiger partial charge in [-0.15, -0.1) is 11.3 Å². The molecule has 1 heterocycles. The van der Waals surface area contributed by atoms with Gasteiger partial charge in [-0.05, 0) is 13.3 Å². The molecule has 0 radical (unpaired) electrons. The first-order valence-corrected chi connectivity index (χ1v) is 8.38. The molecule has 1 unspecified atom stereocenters. The molecule has 2 N–H and O–H groups in total. The highest BCUT2D eigenvalue weighted by Crippen LogP contribution is 2.36. The molecular weight excluding hydrogens is 344 g/mol. The summed E-state index contributed by atoms with van der Waals surface area (Å²) in [6.07, 6.45) is 0.218. The normalized spacial score (nSPS) is 14.6. The van der Waals surface area contributed by atoms with Crippen LogP contribution in [0.3, 0.4) is 0 Å². The lowest BCUT2D eigenvalue weighted by Crippen LogP contribution is -2.40. The molecule has 0 saturated carbocycles. The van der Waals surface area contributed by atoms with E-state index in [-0.39, 0.29) is 21.5 Å². The maximum absolute atomic E-state index is 12.0. The van der Waals surface area contributed by atoms with Gasteiger partial charge < -0.3 is 5.11 Å². The number of halogens is 1. The number of aliphatic carboxylic acids is 1. The lowest BCUT2D eigenvalue weighted by molar-refractivity contribution is -0.384. The minimum Gasteiger partial charge on any atom is -0.481 e. The molecule has 21 heavy (non-hydrogen) atoms. The van der Waals surface area contributed by atoms with Crippen LogP contribution in [0.1, 0.15) is 20.3 Å². The molecule has 11 heteroatoms. The molecule has 0 aliphatic rings. The Morgan fingerprint density at radius 3 is 2.57 bits per heavy atom. The molecule has 0 bridgehead atoms. The molecule has 1 rings (SSSR count). The van der Waals surface area contributed by atoms with Gasteiger partial charge in [0.2, 0.25) is 10.0 Å². The van der Waals surface area contributed by atoms with Gasteiger partial charge in [-0.3, -0.25) is 14.9 Å². The summed E-state index contributed by atoms with van der Waals surface area (Å²) in [5.41, 5.74) is -1.77. The molecule has 8 nitrogen and oxygen atoms in total. The highest BCUT2D eigenvalue weighted by molar-refractivity contribution is 7.91. The molecule has 0 spiro atoms. The summed E-state index contributed by atoms with van der Waals surface area (Å²) in [6.45, 7) is 2.70. The number of nitro groups is 1. The first kappa shape index (κ1) is 17.8. The zero-order chi connectivity index (χ0) is 16.4. The van der Waals surface area contributed by atoms with Crippen molar-refractivity contribution in [1.82, 2.24) is 4.72 Å². The fourth-order valence-electron chi connectivity index (χ4n) is 1.27. The number of hydrogen-bond acceptors (Lipinski definition) is 6. The van der Waals surface area contributed by atoms with Gasteiger partial charge in [0.25, 0.3) is 5.69 Å². The maximum atomic E-state index is 12.0. The van der Waals surface area contributed by atoms with Gasteiger partial charge >= 0.3 is 5.97 Å². The molecule has 0 fully saturated rings. The van der Waals surface area contributed by atoms with Gasteiger partial charge in [0, 0.05) is 12.6 Å². The average molecular weight is 357 g/mol. The Kier molecular flexibility index (Phi) is 5.31. The Morgan fingerprint density at radius 2 is 2.19 bits per heavy atom. The number of carboxylic acids is 1. The van der Waals surface area contributed by atoms with Crippen molar-refractivity contribution >= 4 is 44.6 Å². The van der Waals surface area contributed by atoms with Crippen molar-refractivity contribution in [2.24, 2.45) is 5.41 Å². The molecule has 0 aliphatic heterocycles. The van der Waals surface area contributed by atoms with Crippen LogP contribution in [0.15, 0.2) is 10.3 Å². The maximum Gasteiger partial charge on any atom is 0.310 e. The SMILES string of the molecule is CCC(C)(CNS(=O)(=O)c1cc([N+](=O)[O-])c(Cl)s1)C(=O)O. The summed E-state index contributed by atoms with van der Waals surface area (Å²) in [4.78, 5) is 21.0. The monoisotopic (exact) mass is 356 g/mol. The van der Waals surface area contributed by atoms with E-state index in [9.17, 15) is 23.3 Å². The first-order chi connectivity index (χ1) is 9.53. The van der Waals surface area contributed by atoms with Crippen molar-refractivity contribution in [2.45, 2.75) is 24.5 Å². The predicted molar refractivity (Wildman–Crippen MR) is 77.2 cm³/mol. The molecule has 0 amide bonds. The Labute approximate surface area is 129 Å². The van der Waals surface area contributed by atoms with Crippen molar-refractivity contribution in [2.75, 3.05) is 6.54 Å². The molecule has 1 atom stereocenters. The number of carbonyl (C=O) groups is 1. The number of rotatable bonds is 7. The summed E-state index contributed by atoms with van der Waals surface area (Å²) in [6, 6.07) is 0.847. The Balaban J connectivity index is 3.00. The van der Waals surface area contributed by atoms with Crippen LogP contribution in [0.5, 0.6) is 0 Å². The van der Waals surface area contributed by atoms with Crippen molar-refractivity contribution in [3.05, 3.63) is 20.5 Å². The zero-order valence-corrected chi connectivity index (χ0v) is 13.5. The standard InChI is InChI=1S/C10H13ClN2O6S2/c1-3-10(2,9(14)15)5-12-21(18,19)7-4-6(13(16)17)8(11)20-7/h4,12H,3,5H2,1-2H3,(H,14,15). The highest BCUT2D eigenvalue weighted by atomic mass is 35.5. The van der Waals surface area contributed by atoms with Gasteiger partial charge in [0.05, 0.1) is 10.3 Å². The third-order valence-electron chi connectivity index (χ3n) is 3.06. The quantitative estimate of drug-likeness (QED) is 0.568. The number of nitrogens with zero attached hydrogens (tertiary/aromatic N) is 1. The second-order valence-corrected chi connectivity index (χ2v) is 8.17. The van der Waals surface area contributed by atoms with Gasteiger partial charge in [-0.2, -0.15) is 0 Å². The summed E-state index contributed by atoms with van der Waals surface area (Å²) < 4.78 is 25.6. The van der Waals surface area contributed by atoms with Crippen molar-refractivity contribution in [1.29, 1.82) is 0 Å². The molecule has 0 saturated heterocycles. The summed E-state index contributed by atoms with van der Waals surface area (Å²) >= 11 is 6.15. The Bertz CT molecular complexity index is 671. The van der Waals surface area contributed by atoms with Gasteiger partial charge in [0.15, 0.2) is 4.34 Å². The lowest BCUT2D eigenvalue weighted by atomic mass is 9.88. The van der Waals surface area contributed by atoms with Gasteiger partial charge in [-0.25, -0.2) is 13.1 Å². The van der Waals surface area contributed by atoms with E-state index in [2.05, 4.69) is 4.72 Å². The minimum atomic E-state index is -4.06. The number of hydrogen-bond donors (Lipinski definition) is 2. The van der Waals surface area contributed by atoms with E-state index < -0.39 is 32.0 Å². The van der Waals surface area contributed by atoms with E-state index >= 15 is 0 Å². The van der Waals surface area contributed by atoms with Crippen LogP contribution in [-0.4, -0.2) is 31.0 Å². The van der Waals surface area contributed by atoms with E-state index in [0.717, 1.165) is 6.07 Å². The topological polar surface area (TPSA) is 127 Å². The second-order valence-electron chi connectivity index (χ2n) is 4.53. The average Bonchev–Trinajstić information content (AvgIpc) is 2.79. The molecule has 118 valence electrons. The van der Waals surface area contributed by atoms with Gasteiger partial charge in [-0.1, -0.05) is 18.5 Å². The number of thiophene rings is 1. The van der Waals surface area contributed by atoms with E-state index in [1.165, 1.54) is 6.92 Å². The van der Waals surface area contributed by atoms with Crippen LogP contribution < -0.4 is 4.72 Å².